The van der Waals surface area contributed by atoms with Gasteiger partial charge in [0.2, 0.25) is 11.8 Å². The fraction of sp³-hybridized carbons (Fsp3) is 0.500. The lowest BCUT2D eigenvalue weighted by Gasteiger charge is -2.31. The Kier molecular flexibility index (Phi) is 7.25. The summed E-state index contributed by atoms with van der Waals surface area (Å²) in [4.78, 5) is 39.7. The van der Waals surface area contributed by atoms with Gasteiger partial charge in [-0.1, -0.05) is 29.8 Å². The van der Waals surface area contributed by atoms with Gasteiger partial charge in [0.1, 0.15) is 11.6 Å². The average Bonchev–Trinajstić information content (AvgIpc) is 2.73. The molecule has 1 saturated heterocycles. The number of aromatic nitrogens is 2. The summed E-state index contributed by atoms with van der Waals surface area (Å²) in [7, 11) is 5.71. The SMILES string of the molecule is CC(=O)N1CCC[C@H](c2nc(CN(C)C(=O)Cc3cccc(C)c3)cc(N(C)C)n2)C1. The van der Waals surface area contributed by atoms with Crippen LogP contribution in [0, 0.1) is 6.92 Å². The van der Waals surface area contributed by atoms with Gasteiger partial charge in [-0.15, -0.1) is 0 Å². The van der Waals surface area contributed by atoms with Crippen molar-refractivity contribution < 1.29 is 9.59 Å². The number of carbonyl (C=O) groups is 2. The molecule has 1 aliphatic heterocycles. The number of aryl methyl sites for hydroxylation is 1. The van der Waals surface area contributed by atoms with E-state index in [0.717, 1.165) is 47.8 Å². The molecule has 1 fully saturated rings. The number of benzene rings is 1. The standard InChI is InChI=1S/C24H33N5O2/c1-17-8-6-9-19(12-17)13-23(31)28(5)16-21-14-22(27(3)4)26-24(25-21)20-10-7-11-29(15-20)18(2)30/h6,8-9,12,14,20H,7,10-11,13,15-16H2,1-5H3/t20-/m0/s1. The van der Waals surface area contributed by atoms with Crippen LogP contribution in [0.25, 0.3) is 0 Å². The number of hydrogen-bond acceptors (Lipinski definition) is 5. The Bertz CT molecular complexity index is 943. The van der Waals surface area contributed by atoms with Crippen molar-refractivity contribution in [2.24, 2.45) is 0 Å². The molecule has 3 rings (SSSR count). The van der Waals surface area contributed by atoms with Crippen molar-refractivity contribution in [1.29, 1.82) is 0 Å². The van der Waals surface area contributed by atoms with E-state index in [4.69, 9.17) is 9.97 Å². The first-order valence-electron chi connectivity index (χ1n) is 10.8. The second kappa shape index (κ2) is 9.90. The van der Waals surface area contributed by atoms with Gasteiger partial charge in [0.05, 0.1) is 18.7 Å². The molecule has 0 spiro atoms. The Balaban J connectivity index is 1.77. The third kappa shape index (κ3) is 6.03. The van der Waals surface area contributed by atoms with Gasteiger partial charge in [-0.05, 0) is 25.3 Å². The zero-order valence-electron chi connectivity index (χ0n) is 19.3. The smallest absolute Gasteiger partial charge is 0.227 e. The summed E-state index contributed by atoms with van der Waals surface area (Å²) in [6, 6.07) is 9.97. The number of piperidine rings is 1. The van der Waals surface area contributed by atoms with Crippen LogP contribution in [0.3, 0.4) is 0 Å². The highest BCUT2D eigenvalue weighted by Crippen LogP contribution is 2.26. The van der Waals surface area contributed by atoms with Crippen LogP contribution >= 0.6 is 0 Å². The number of likely N-dealkylation sites (N-methyl/N-ethyl adjacent to an activating group) is 1. The lowest BCUT2D eigenvalue weighted by molar-refractivity contribution is -0.130. The molecule has 2 amide bonds. The molecule has 7 nitrogen and oxygen atoms in total. The number of rotatable bonds is 6. The molecule has 0 bridgehead atoms. The second-order valence-electron chi connectivity index (χ2n) is 8.69. The molecule has 7 heteroatoms. The number of anilines is 1. The van der Waals surface area contributed by atoms with E-state index in [0.29, 0.717) is 19.5 Å². The third-order valence-electron chi connectivity index (χ3n) is 5.74. The highest BCUT2D eigenvalue weighted by Gasteiger charge is 2.26. The largest absolute Gasteiger partial charge is 0.363 e. The highest BCUT2D eigenvalue weighted by molar-refractivity contribution is 5.78. The first-order valence-corrected chi connectivity index (χ1v) is 10.8. The number of amides is 2. The Morgan fingerprint density at radius 2 is 1.94 bits per heavy atom. The molecule has 1 atom stereocenters. The maximum atomic E-state index is 12.8. The molecule has 2 aromatic rings. The molecule has 0 saturated carbocycles. The summed E-state index contributed by atoms with van der Waals surface area (Å²) in [6.45, 7) is 5.50. The van der Waals surface area contributed by atoms with E-state index in [2.05, 4.69) is 0 Å². The normalized spacial score (nSPS) is 16.2. The third-order valence-corrected chi connectivity index (χ3v) is 5.74. The highest BCUT2D eigenvalue weighted by atomic mass is 16.2. The quantitative estimate of drug-likeness (QED) is 0.715. The fourth-order valence-corrected chi connectivity index (χ4v) is 3.93. The van der Waals surface area contributed by atoms with Crippen LogP contribution in [0.1, 0.15) is 48.3 Å². The first kappa shape index (κ1) is 22.7. The zero-order chi connectivity index (χ0) is 22.5. The molecule has 166 valence electrons. The van der Waals surface area contributed by atoms with Crippen molar-refractivity contribution in [2.45, 2.75) is 45.6 Å². The van der Waals surface area contributed by atoms with E-state index in [1.165, 1.54) is 0 Å². The summed E-state index contributed by atoms with van der Waals surface area (Å²) in [5, 5.41) is 0. The van der Waals surface area contributed by atoms with Crippen molar-refractivity contribution in [1.82, 2.24) is 19.8 Å². The molecule has 0 N–H and O–H groups in total. The van der Waals surface area contributed by atoms with Crippen LogP contribution in [0.2, 0.25) is 0 Å². The average molecular weight is 424 g/mol. The number of likely N-dealkylation sites (tertiary alicyclic amines) is 1. The van der Waals surface area contributed by atoms with Crippen molar-refractivity contribution in [3.8, 4) is 0 Å². The predicted molar refractivity (Wildman–Crippen MR) is 122 cm³/mol. The van der Waals surface area contributed by atoms with Crippen molar-refractivity contribution in [3.63, 3.8) is 0 Å². The topological polar surface area (TPSA) is 69.6 Å². The van der Waals surface area contributed by atoms with Crippen LogP contribution in [0.5, 0.6) is 0 Å². The second-order valence-corrected chi connectivity index (χ2v) is 8.69. The van der Waals surface area contributed by atoms with Crippen LogP contribution in [0.4, 0.5) is 5.82 Å². The molecule has 0 radical (unpaired) electrons. The Labute approximate surface area is 185 Å². The molecule has 31 heavy (non-hydrogen) atoms. The van der Waals surface area contributed by atoms with Gasteiger partial charge < -0.3 is 14.7 Å². The molecule has 1 aromatic carbocycles. The van der Waals surface area contributed by atoms with Gasteiger partial charge in [0.15, 0.2) is 0 Å². The molecule has 0 unspecified atom stereocenters. The van der Waals surface area contributed by atoms with Crippen LogP contribution < -0.4 is 4.90 Å². The minimum absolute atomic E-state index is 0.0533. The Morgan fingerprint density at radius 1 is 1.16 bits per heavy atom. The van der Waals surface area contributed by atoms with Crippen molar-refractivity contribution in [3.05, 3.63) is 53.0 Å². The van der Waals surface area contributed by atoms with E-state index in [-0.39, 0.29) is 17.7 Å². The summed E-state index contributed by atoms with van der Waals surface area (Å²) in [5.41, 5.74) is 2.98. The van der Waals surface area contributed by atoms with E-state index in [9.17, 15) is 9.59 Å². The monoisotopic (exact) mass is 423 g/mol. The lowest BCUT2D eigenvalue weighted by atomic mass is 9.97. The molecular weight excluding hydrogens is 390 g/mol. The van der Waals surface area contributed by atoms with Crippen LogP contribution in [0.15, 0.2) is 30.3 Å². The predicted octanol–water partition coefficient (Wildman–Crippen LogP) is 2.78. The molecule has 2 heterocycles. The Morgan fingerprint density at radius 3 is 2.61 bits per heavy atom. The van der Waals surface area contributed by atoms with E-state index in [1.54, 1.807) is 11.8 Å². The number of hydrogen-bond donors (Lipinski definition) is 0. The molecule has 1 aromatic heterocycles. The zero-order valence-corrected chi connectivity index (χ0v) is 19.3. The minimum atomic E-state index is 0.0533. The lowest BCUT2D eigenvalue weighted by Crippen LogP contribution is -2.38. The first-order chi connectivity index (χ1) is 14.7. The van der Waals surface area contributed by atoms with Crippen molar-refractivity contribution >= 4 is 17.6 Å². The molecular formula is C24H33N5O2. The summed E-state index contributed by atoms with van der Waals surface area (Å²) >= 11 is 0. The number of nitrogens with zero attached hydrogens (tertiary/aromatic N) is 5. The molecule has 1 aliphatic rings. The van der Waals surface area contributed by atoms with Crippen LogP contribution in [-0.4, -0.2) is 65.8 Å². The maximum Gasteiger partial charge on any atom is 0.227 e. The maximum absolute atomic E-state index is 12.8. The number of carbonyl (C=O) groups excluding carboxylic acids is 2. The van der Waals surface area contributed by atoms with Gasteiger partial charge in [0.25, 0.3) is 0 Å². The Hall–Kier alpha value is -2.96. The summed E-state index contributed by atoms with van der Waals surface area (Å²) < 4.78 is 0. The van der Waals surface area contributed by atoms with E-state index < -0.39 is 0 Å². The van der Waals surface area contributed by atoms with Crippen molar-refractivity contribution in [2.75, 3.05) is 39.1 Å². The van der Waals surface area contributed by atoms with Gasteiger partial charge in [-0.2, -0.15) is 0 Å². The van der Waals surface area contributed by atoms with E-state index >= 15 is 0 Å². The fourth-order valence-electron chi connectivity index (χ4n) is 3.93. The van der Waals surface area contributed by atoms with Gasteiger partial charge in [-0.25, -0.2) is 9.97 Å². The minimum Gasteiger partial charge on any atom is -0.363 e. The molecule has 0 aliphatic carbocycles. The van der Waals surface area contributed by atoms with E-state index in [1.807, 2.05) is 68.2 Å². The summed E-state index contributed by atoms with van der Waals surface area (Å²) in [6.07, 6.45) is 2.28. The van der Waals surface area contributed by atoms with Gasteiger partial charge >= 0.3 is 0 Å². The van der Waals surface area contributed by atoms with Crippen LogP contribution in [-0.2, 0) is 22.6 Å². The van der Waals surface area contributed by atoms with Gasteiger partial charge in [-0.3, -0.25) is 9.59 Å². The summed E-state index contributed by atoms with van der Waals surface area (Å²) in [5.74, 6) is 1.84. The van der Waals surface area contributed by atoms with Gasteiger partial charge in [0, 0.05) is 53.1 Å².